The Hall–Kier alpha value is -3.61. The fraction of sp³-hybridized carbons (Fsp3) is 0.200. The quantitative estimate of drug-likeness (QED) is 0.222. The van der Waals surface area contributed by atoms with E-state index in [0.717, 1.165) is 69.1 Å². The molecule has 0 fully saturated rings. The van der Waals surface area contributed by atoms with Crippen molar-refractivity contribution < 1.29 is 9.21 Å². The van der Waals surface area contributed by atoms with Crippen molar-refractivity contribution in [1.82, 2.24) is 9.88 Å². The van der Waals surface area contributed by atoms with E-state index >= 15 is 0 Å². The second kappa shape index (κ2) is 10.4. The molecule has 1 aliphatic carbocycles. The third-order valence-corrected chi connectivity index (χ3v) is 8.20. The lowest BCUT2D eigenvalue weighted by molar-refractivity contribution is 0.0948. The van der Waals surface area contributed by atoms with Gasteiger partial charge in [0, 0.05) is 45.3 Å². The van der Waals surface area contributed by atoms with E-state index in [1.54, 1.807) is 17.6 Å². The largest absolute Gasteiger partial charge is 0.467 e. The predicted octanol–water partition coefficient (Wildman–Crippen LogP) is 7.56. The Bertz CT molecular complexity index is 1600. The maximum Gasteiger partial charge on any atom is 0.255 e. The van der Waals surface area contributed by atoms with Crippen molar-refractivity contribution in [2.45, 2.75) is 38.8 Å². The number of halogens is 1. The molecule has 0 spiro atoms. The van der Waals surface area contributed by atoms with Crippen molar-refractivity contribution in [2.24, 2.45) is 4.99 Å². The molecule has 0 unspecified atom stereocenters. The van der Waals surface area contributed by atoms with Crippen molar-refractivity contribution in [2.75, 3.05) is 0 Å². The minimum Gasteiger partial charge on any atom is -0.467 e. The van der Waals surface area contributed by atoms with Gasteiger partial charge in [-0.15, -0.1) is 11.3 Å². The zero-order valence-electron chi connectivity index (χ0n) is 20.2. The van der Waals surface area contributed by atoms with Crippen LogP contribution in [0.1, 0.15) is 50.5 Å². The lowest BCUT2D eigenvalue weighted by atomic mass is 9.95. The smallest absolute Gasteiger partial charge is 0.255 e. The number of nitrogens with one attached hydrogen (secondary N) is 1. The van der Waals surface area contributed by atoms with Gasteiger partial charge in [0.1, 0.15) is 10.8 Å². The summed E-state index contributed by atoms with van der Waals surface area (Å²) >= 11 is 7.87. The van der Waals surface area contributed by atoms with Crippen molar-refractivity contribution in [3.63, 3.8) is 0 Å². The van der Waals surface area contributed by atoms with Gasteiger partial charge in [-0.1, -0.05) is 41.9 Å². The molecule has 0 saturated heterocycles. The average molecular weight is 528 g/mol. The first-order valence-electron chi connectivity index (χ1n) is 12.5. The molecule has 186 valence electrons. The van der Waals surface area contributed by atoms with Gasteiger partial charge in [0.2, 0.25) is 0 Å². The van der Waals surface area contributed by atoms with Gasteiger partial charge in [0.15, 0.2) is 0 Å². The average Bonchev–Trinajstić information content (AvgIpc) is 3.64. The second-order valence-corrected chi connectivity index (χ2v) is 10.8. The minimum atomic E-state index is -0.0914. The number of amides is 1. The van der Waals surface area contributed by atoms with Crippen LogP contribution in [0.2, 0.25) is 5.02 Å². The van der Waals surface area contributed by atoms with Crippen LogP contribution in [0, 0.1) is 0 Å². The summed E-state index contributed by atoms with van der Waals surface area (Å²) in [5, 5.41) is 5.66. The third kappa shape index (κ3) is 4.99. The number of aryl methyl sites for hydroxylation is 1. The number of benzene rings is 2. The van der Waals surface area contributed by atoms with Crippen LogP contribution < -0.4 is 5.32 Å². The number of fused-ring (bicyclic) bond motifs is 2. The standard InChI is InChI=1S/C30H26ClN3O2S/c31-22-8-5-7-20(15-22)18-34-19-21(24-10-1-3-12-26(24)34)16-33-30-28(25-11-2-4-13-27(25)37-30)29(35)32-17-23-9-6-14-36-23/h1,3,5-10,12,14-16,19H,2,4,11,13,17-18H2,(H,32,35). The molecule has 5 nitrogen and oxygen atoms in total. The monoisotopic (exact) mass is 527 g/mol. The van der Waals surface area contributed by atoms with Gasteiger partial charge in [0.25, 0.3) is 5.91 Å². The highest BCUT2D eigenvalue weighted by Crippen LogP contribution is 2.40. The first kappa shape index (κ1) is 23.8. The summed E-state index contributed by atoms with van der Waals surface area (Å²) in [5.74, 6) is 0.640. The summed E-state index contributed by atoms with van der Waals surface area (Å²) in [4.78, 5) is 19.5. The predicted molar refractivity (Wildman–Crippen MR) is 151 cm³/mol. The van der Waals surface area contributed by atoms with Gasteiger partial charge in [-0.05, 0) is 67.1 Å². The molecule has 1 N–H and O–H groups in total. The molecule has 0 radical (unpaired) electrons. The molecule has 3 aromatic heterocycles. The molecule has 0 saturated carbocycles. The number of para-hydroxylation sites is 1. The molecule has 1 aliphatic rings. The van der Waals surface area contributed by atoms with E-state index < -0.39 is 0 Å². The normalized spacial score (nSPS) is 13.3. The van der Waals surface area contributed by atoms with Crippen LogP contribution in [0.3, 0.4) is 0 Å². The number of carbonyl (C=O) groups excluding carboxylic acids is 1. The first-order valence-corrected chi connectivity index (χ1v) is 13.7. The number of hydrogen-bond acceptors (Lipinski definition) is 4. The molecule has 0 bridgehead atoms. The minimum absolute atomic E-state index is 0.0914. The SMILES string of the molecule is O=C(NCc1ccco1)c1c(N=Cc2cn(Cc3cccc(Cl)c3)c3ccccc23)sc2c1CCCC2. The van der Waals surface area contributed by atoms with Gasteiger partial charge < -0.3 is 14.3 Å². The molecule has 7 heteroatoms. The molecule has 1 amide bonds. The molecule has 37 heavy (non-hydrogen) atoms. The molecule has 2 aromatic carbocycles. The van der Waals surface area contributed by atoms with Crippen LogP contribution in [-0.2, 0) is 25.9 Å². The molecule has 5 aromatic rings. The van der Waals surface area contributed by atoms with Crippen molar-refractivity contribution in [1.29, 1.82) is 0 Å². The number of hydrogen-bond donors (Lipinski definition) is 1. The summed E-state index contributed by atoms with van der Waals surface area (Å²) in [6.45, 7) is 1.07. The van der Waals surface area contributed by atoms with E-state index in [0.29, 0.717) is 18.7 Å². The highest BCUT2D eigenvalue weighted by atomic mass is 35.5. The zero-order valence-corrected chi connectivity index (χ0v) is 21.8. The van der Waals surface area contributed by atoms with E-state index in [1.165, 1.54) is 4.88 Å². The number of thiophene rings is 1. The number of aliphatic imine (C=N–C) groups is 1. The molecule has 6 rings (SSSR count). The Balaban J connectivity index is 1.33. The van der Waals surface area contributed by atoms with Crippen molar-refractivity contribution in [3.05, 3.63) is 111 Å². The molecule has 0 aliphatic heterocycles. The van der Waals surface area contributed by atoms with Crippen LogP contribution in [0.5, 0.6) is 0 Å². The third-order valence-electron chi connectivity index (χ3n) is 6.77. The molecular weight excluding hydrogens is 502 g/mol. The van der Waals surface area contributed by atoms with Gasteiger partial charge in [-0.25, -0.2) is 4.99 Å². The molecule has 0 atom stereocenters. The van der Waals surface area contributed by atoms with E-state index in [-0.39, 0.29) is 5.91 Å². The molecular formula is C30H26ClN3O2S. The van der Waals surface area contributed by atoms with Crippen LogP contribution in [0.4, 0.5) is 5.00 Å². The fourth-order valence-corrected chi connectivity index (χ4v) is 6.46. The van der Waals surface area contributed by atoms with E-state index in [1.807, 2.05) is 48.7 Å². The van der Waals surface area contributed by atoms with E-state index in [2.05, 4.69) is 34.3 Å². The summed E-state index contributed by atoms with van der Waals surface area (Å²) in [5.41, 5.74) is 5.16. The maximum absolute atomic E-state index is 13.3. The van der Waals surface area contributed by atoms with E-state index in [9.17, 15) is 4.79 Å². The maximum atomic E-state index is 13.3. The number of furan rings is 1. The molecule has 3 heterocycles. The van der Waals surface area contributed by atoms with Crippen LogP contribution in [0.25, 0.3) is 10.9 Å². The van der Waals surface area contributed by atoms with E-state index in [4.69, 9.17) is 21.0 Å². The number of carbonyl (C=O) groups is 1. The summed E-state index contributed by atoms with van der Waals surface area (Å²) < 4.78 is 7.61. The second-order valence-electron chi connectivity index (χ2n) is 9.27. The Morgan fingerprint density at radius 3 is 2.86 bits per heavy atom. The summed E-state index contributed by atoms with van der Waals surface area (Å²) in [7, 11) is 0. The summed E-state index contributed by atoms with van der Waals surface area (Å²) in [6, 6.07) is 20.0. The van der Waals surface area contributed by atoms with Crippen molar-refractivity contribution >= 4 is 51.0 Å². The highest BCUT2D eigenvalue weighted by Gasteiger charge is 2.25. The van der Waals surface area contributed by atoms with Crippen molar-refractivity contribution in [3.8, 4) is 0 Å². The number of aromatic nitrogens is 1. The van der Waals surface area contributed by atoms with Gasteiger partial charge in [-0.2, -0.15) is 0 Å². The number of nitrogens with zero attached hydrogens (tertiary/aromatic N) is 2. The van der Waals surface area contributed by atoms with Gasteiger partial charge >= 0.3 is 0 Å². The zero-order chi connectivity index (χ0) is 25.2. The number of rotatable bonds is 7. The Morgan fingerprint density at radius 1 is 1.11 bits per heavy atom. The van der Waals surface area contributed by atoms with Gasteiger partial charge in [-0.3, -0.25) is 4.79 Å². The lowest BCUT2D eigenvalue weighted by Gasteiger charge is -2.12. The fourth-order valence-electron chi connectivity index (χ4n) is 5.01. The summed E-state index contributed by atoms with van der Waals surface area (Å²) in [6.07, 6.45) is 9.82. The first-order chi connectivity index (χ1) is 18.2. The van der Waals surface area contributed by atoms with Crippen LogP contribution in [0.15, 0.2) is 82.5 Å². The topological polar surface area (TPSA) is 59.5 Å². The highest BCUT2D eigenvalue weighted by molar-refractivity contribution is 7.16. The van der Waals surface area contributed by atoms with Crippen LogP contribution >= 0.6 is 22.9 Å². The van der Waals surface area contributed by atoms with Gasteiger partial charge in [0.05, 0.1) is 18.4 Å². The lowest BCUT2D eigenvalue weighted by Crippen LogP contribution is -2.23. The Labute approximate surface area is 224 Å². The Morgan fingerprint density at radius 2 is 2.00 bits per heavy atom. The van der Waals surface area contributed by atoms with Crippen LogP contribution in [-0.4, -0.2) is 16.7 Å². The Kier molecular flexibility index (Phi) is 6.68.